The average Bonchev–Trinajstić information content (AvgIpc) is 3.23. The second-order valence-corrected chi connectivity index (χ2v) is 8.15. The number of carbonyl (C=O) groups is 1. The Hall–Kier alpha value is -3.01. The molecule has 0 aliphatic rings. The molecule has 2 aromatic heterocycles. The maximum absolute atomic E-state index is 12.3. The highest BCUT2D eigenvalue weighted by Gasteiger charge is 2.17. The maximum Gasteiger partial charge on any atom is 0.322 e. The first-order chi connectivity index (χ1) is 12.8. The Bertz CT molecular complexity index is 1040. The van der Waals surface area contributed by atoms with E-state index in [1.807, 2.05) is 6.92 Å². The molecule has 0 saturated heterocycles. The summed E-state index contributed by atoms with van der Waals surface area (Å²) in [7, 11) is -1.69. The highest BCUT2D eigenvalue weighted by Crippen LogP contribution is 2.19. The molecule has 10 heteroatoms. The number of aryl methyl sites for hydroxylation is 2. The fraction of sp³-hybridized carbons (Fsp3) is 0.294. The molecule has 9 nitrogen and oxygen atoms in total. The van der Waals surface area contributed by atoms with Gasteiger partial charge in [-0.2, -0.15) is 5.10 Å². The number of amides is 1. The van der Waals surface area contributed by atoms with Crippen LogP contribution in [0.5, 0.6) is 0 Å². The SMILES string of the molecule is Cc1ccc(S(=O)(=O)CCCC(=O)Nc2nnc(-c3ccnn3C)o2)cc1. The third kappa shape index (κ3) is 4.59. The van der Waals surface area contributed by atoms with Crippen molar-refractivity contribution < 1.29 is 17.6 Å². The summed E-state index contributed by atoms with van der Waals surface area (Å²) < 4.78 is 31.5. The first-order valence-electron chi connectivity index (χ1n) is 8.26. The fourth-order valence-corrected chi connectivity index (χ4v) is 3.74. The topological polar surface area (TPSA) is 120 Å². The Morgan fingerprint density at radius 1 is 1.19 bits per heavy atom. The first-order valence-corrected chi connectivity index (χ1v) is 9.91. The number of nitrogens with one attached hydrogen (secondary N) is 1. The van der Waals surface area contributed by atoms with Crippen molar-refractivity contribution in [2.75, 3.05) is 11.1 Å². The maximum atomic E-state index is 12.3. The molecule has 0 saturated carbocycles. The van der Waals surface area contributed by atoms with Crippen LogP contribution in [0.1, 0.15) is 18.4 Å². The monoisotopic (exact) mass is 389 g/mol. The lowest BCUT2D eigenvalue weighted by molar-refractivity contribution is -0.116. The van der Waals surface area contributed by atoms with Crippen molar-refractivity contribution in [3.8, 4) is 11.6 Å². The smallest absolute Gasteiger partial charge is 0.322 e. The van der Waals surface area contributed by atoms with Crippen molar-refractivity contribution in [3.05, 3.63) is 42.1 Å². The van der Waals surface area contributed by atoms with Gasteiger partial charge in [-0.3, -0.25) is 14.8 Å². The van der Waals surface area contributed by atoms with Crippen LogP contribution in [0.3, 0.4) is 0 Å². The van der Waals surface area contributed by atoms with Crippen molar-refractivity contribution in [1.29, 1.82) is 0 Å². The lowest BCUT2D eigenvalue weighted by Crippen LogP contribution is -2.14. The van der Waals surface area contributed by atoms with Gasteiger partial charge in [-0.25, -0.2) is 8.42 Å². The Morgan fingerprint density at radius 2 is 1.93 bits per heavy atom. The highest BCUT2D eigenvalue weighted by atomic mass is 32.2. The van der Waals surface area contributed by atoms with Crippen LogP contribution in [0.25, 0.3) is 11.6 Å². The summed E-state index contributed by atoms with van der Waals surface area (Å²) in [4.78, 5) is 12.2. The normalized spacial score (nSPS) is 11.5. The fourth-order valence-electron chi connectivity index (χ4n) is 2.43. The molecule has 3 rings (SSSR count). The molecule has 142 valence electrons. The van der Waals surface area contributed by atoms with E-state index in [0.29, 0.717) is 5.69 Å². The van der Waals surface area contributed by atoms with Gasteiger partial charge >= 0.3 is 6.01 Å². The number of rotatable bonds is 7. The van der Waals surface area contributed by atoms with E-state index < -0.39 is 15.7 Å². The zero-order chi connectivity index (χ0) is 19.4. The number of hydrogen-bond acceptors (Lipinski definition) is 7. The number of nitrogens with zero attached hydrogens (tertiary/aromatic N) is 4. The second kappa shape index (κ2) is 7.70. The Balaban J connectivity index is 1.52. The summed E-state index contributed by atoms with van der Waals surface area (Å²) in [6.45, 7) is 1.89. The van der Waals surface area contributed by atoms with Gasteiger partial charge in [-0.15, -0.1) is 5.10 Å². The Labute approximate surface area is 156 Å². The van der Waals surface area contributed by atoms with Crippen LogP contribution < -0.4 is 5.32 Å². The lowest BCUT2D eigenvalue weighted by Gasteiger charge is -2.05. The quantitative estimate of drug-likeness (QED) is 0.656. The van der Waals surface area contributed by atoms with Gasteiger partial charge in [0.15, 0.2) is 9.84 Å². The number of aromatic nitrogens is 4. The van der Waals surface area contributed by atoms with Gasteiger partial charge < -0.3 is 4.42 Å². The summed E-state index contributed by atoms with van der Waals surface area (Å²) in [6, 6.07) is 8.29. The van der Waals surface area contributed by atoms with Crippen LogP contribution >= 0.6 is 0 Å². The van der Waals surface area contributed by atoms with Crippen molar-refractivity contribution >= 4 is 21.8 Å². The summed E-state index contributed by atoms with van der Waals surface area (Å²) >= 11 is 0. The summed E-state index contributed by atoms with van der Waals surface area (Å²) in [5, 5.41) is 14.1. The molecule has 0 atom stereocenters. The van der Waals surface area contributed by atoms with E-state index in [4.69, 9.17) is 4.42 Å². The van der Waals surface area contributed by atoms with Crippen LogP contribution in [0.4, 0.5) is 6.01 Å². The largest absolute Gasteiger partial charge is 0.401 e. The van der Waals surface area contributed by atoms with Crippen molar-refractivity contribution in [2.24, 2.45) is 7.05 Å². The van der Waals surface area contributed by atoms with E-state index in [-0.39, 0.29) is 35.4 Å². The molecule has 0 aliphatic carbocycles. The molecular formula is C17H19N5O4S. The minimum atomic E-state index is -3.42. The third-order valence-electron chi connectivity index (χ3n) is 3.91. The zero-order valence-electron chi connectivity index (χ0n) is 14.9. The summed E-state index contributed by atoms with van der Waals surface area (Å²) in [6.07, 6.45) is 1.80. The number of benzene rings is 1. The third-order valence-corrected chi connectivity index (χ3v) is 5.72. The van der Waals surface area contributed by atoms with E-state index in [2.05, 4.69) is 20.6 Å². The van der Waals surface area contributed by atoms with Gasteiger partial charge in [0.05, 0.1) is 10.6 Å². The van der Waals surface area contributed by atoms with Crippen molar-refractivity contribution in [2.45, 2.75) is 24.7 Å². The molecule has 0 bridgehead atoms. The minimum Gasteiger partial charge on any atom is -0.401 e. The number of hydrogen-bond donors (Lipinski definition) is 1. The number of carbonyl (C=O) groups excluding carboxylic acids is 1. The molecule has 0 spiro atoms. The Kier molecular flexibility index (Phi) is 5.36. The van der Waals surface area contributed by atoms with Crippen molar-refractivity contribution in [1.82, 2.24) is 20.0 Å². The van der Waals surface area contributed by atoms with Gasteiger partial charge in [0, 0.05) is 19.7 Å². The molecule has 0 aliphatic heterocycles. The molecule has 0 fully saturated rings. The predicted octanol–water partition coefficient (Wildman–Crippen LogP) is 1.97. The molecule has 0 radical (unpaired) electrons. The number of sulfone groups is 1. The minimum absolute atomic E-state index is 0.0223. The van der Waals surface area contributed by atoms with Gasteiger partial charge in [0.1, 0.15) is 5.69 Å². The lowest BCUT2D eigenvalue weighted by atomic mass is 10.2. The number of anilines is 1. The summed E-state index contributed by atoms with van der Waals surface area (Å²) in [5.41, 5.74) is 1.60. The van der Waals surface area contributed by atoms with E-state index in [0.717, 1.165) is 5.56 Å². The molecule has 0 unspecified atom stereocenters. The standard InChI is InChI=1S/C17H19N5O4S/c1-12-5-7-13(8-6-12)27(24,25)11-3-4-15(23)19-17-21-20-16(26-17)14-9-10-18-22(14)2/h5-10H,3-4,11H2,1-2H3,(H,19,21,23). The molecule has 1 aromatic carbocycles. The van der Waals surface area contributed by atoms with Gasteiger partial charge in [-0.1, -0.05) is 22.8 Å². The van der Waals surface area contributed by atoms with E-state index in [1.165, 1.54) is 0 Å². The zero-order valence-corrected chi connectivity index (χ0v) is 15.7. The van der Waals surface area contributed by atoms with Gasteiger partial charge in [0.25, 0.3) is 5.89 Å². The first kappa shape index (κ1) is 18.8. The van der Waals surface area contributed by atoms with Crippen LogP contribution in [0.15, 0.2) is 45.8 Å². The second-order valence-electron chi connectivity index (χ2n) is 6.04. The predicted molar refractivity (Wildman–Crippen MR) is 97.6 cm³/mol. The van der Waals surface area contributed by atoms with Crippen LogP contribution in [0.2, 0.25) is 0 Å². The van der Waals surface area contributed by atoms with Gasteiger partial charge in [0.2, 0.25) is 5.91 Å². The Morgan fingerprint density at radius 3 is 2.59 bits per heavy atom. The van der Waals surface area contributed by atoms with E-state index in [1.54, 1.807) is 48.3 Å². The molecular weight excluding hydrogens is 370 g/mol. The molecule has 1 N–H and O–H groups in total. The molecule has 3 aromatic rings. The van der Waals surface area contributed by atoms with Crippen LogP contribution in [-0.4, -0.2) is 40.1 Å². The highest BCUT2D eigenvalue weighted by molar-refractivity contribution is 7.91. The molecule has 2 heterocycles. The summed E-state index contributed by atoms with van der Waals surface area (Å²) in [5.74, 6) is -0.283. The van der Waals surface area contributed by atoms with Crippen LogP contribution in [0, 0.1) is 6.92 Å². The molecule has 1 amide bonds. The van der Waals surface area contributed by atoms with Gasteiger partial charge in [-0.05, 0) is 31.5 Å². The average molecular weight is 389 g/mol. The molecule has 27 heavy (non-hydrogen) atoms. The van der Waals surface area contributed by atoms with E-state index in [9.17, 15) is 13.2 Å². The van der Waals surface area contributed by atoms with Crippen molar-refractivity contribution in [3.63, 3.8) is 0 Å². The van der Waals surface area contributed by atoms with E-state index >= 15 is 0 Å². The van der Waals surface area contributed by atoms with Crippen LogP contribution in [-0.2, 0) is 21.7 Å².